The molecule has 0 aliphatic carbocycles. The highest BCUT2D eigenvalue weighted by Gasteiger charge is 2.17. The van der Waals surface area contributed by atoms with Gasteiger partial charge in [-0.25, -0.2) is 13.5 Å². The predicted molar refractivity (Wildman–Crippen MR) is 82.9 cm³/mol. The number of hydrogen-bond donors (Lipinski definition) is 1. The first kappa shape index (κ1) is 16.5. The molecule has 1 unspecified atom stereocenters. The van der Waals surface area contributed by atoms with Gasteiger partial charge >= 0.3 is 0 Å². The summed E-state index contributed by atoms with van der Waals surface area (Å²) in [6.07, 6.45) is 1.61. The minimum Gasteiger partial charge on any atom is -0.310 e. The molecule has 1 aromatic carbocycles. The largest absolute Gasteiger partial charge is 0.310 e. The van der Waals surface area contributed by atoms with Crippen molar-refractivity contribution in [1.29, 1.82) is 0 Å². The van der Waals surface area contributed by atoms with Crippen molar-refractivity contribution in [3.63, 3.8) is 0 Å². The SMILES string of the molecule is CC(Sc1ccc(F)c(F)c1)C(=O)Nc1ccnn1C(C)C. The number of anilines is 1. The number of aromatic nitrogens is 2. The van der Waals surface area contributed by atoms with Crippen LogP contribution in [0, 0.1) is 11.6 Å². The molecule has 2 aromatic rings. The van der Waals surface area contributed by atoms with Crippen LogP contribution in [-0.4, -0.2) is 20.9 Å². The topological polar surface area (TPSA) is 46.9 Å². The number of nitrogens with one attached hydrogen (secondary N) is 1. The molecule has 0 spiro atoms. The van der Waals surface area contributed by atoms with E-state index in [0.717, 1.165) is 23.9 Å². The third kappa shape index (κ3) is 3.85. The van der Waals surface area contributed by atoms with Gasteiger partial charge in [-0.2, -0.15) is 5.10 Å². The molecule has 0 fully saturated rings. The lowest BCUT2D eigenvalue weighted by Gasteiger charge is -2.15. The van der Waals surface area contributed by atoms with Crippen LogP contribution < -0.4 is 5.32 Å². The van der Waals surface area contributed by atoms with Gasteiger partial charge in [-0.05, 0) is 39.0 Å². The van der Waals surface area contributed by atoms with Crippen molar-refractivity contribution >= 4 is 23.5 Å². The van der Waals surface area contributed by atoms with Gasteiger partial charge in [-0.3, -0.25) is 4.79 Å². The Hall–Kier alpha value is -1.89. The Morgan fingerprint density at radius 3 is 2.59 bits per heavy atom. The highest BCUT2D eigenvalue weighted by Crippen LogP contribution is 2.26. The fourth-order valence-corrected chi connectivity index (χ4v) is 2.75. The molecule has 1 N–H and O–H groups in total. The highest BCUT2D eigenvalue weighted by atomic mass is 32.2. The second-order valence-electron chi connectivity index (χ2n) is 5.08. The van der Waals surface area contributed by atoms with Crippen LogP contribution in [0.4, 0.5) is 14.6 Å². The van der Waals surface area contributed by atoms with Crippen LogP contribution in [0.25, 0.3) is 0 Å². The zero-order valence-electron chi connectivity index (χ0n) is 12.5. The zero-order valence-corrected chi connectivity index (χ0v) is 13.3. The van der Waals surface area contributed by atoms with E-state index in [1.807, 2.05) is 13.8 Å². The summed E-state index contributed by atoms with van der Waals surface area (Å²) in [5, 5.41) is 6.47. The van der Waals surface area contributed by atoms with Gasteiger partial charge in [-0.1, -0.05) is 0 Å². The number of nitrogens with zero attached hydrogens (tertiary/aromatic N) is 2. The molecular weight excluding hydrogens is 308 g/mol. The average molecular weight is 325 g/mol. The number of rotatable bonds is 5. The molecular formula is C15H17F2N3OS. The van der Waals surface area contributed by atoms with Crippen LogP contribution in [0.2, 0.25) is 0 Å². The molecule has 22 heavy (non-hydrogen) atoms. The third-order valence-corrected chi connectivity index (χ3v) is 4.08. The van der Waals surface area contributed by atoms with Crippen LogP contribution in [0.1, 0.15) is 26.8 Å². The first-order valence-electron chi connectivity index (χ1n) is 6.84. The Kier molecular flexibility index (Phi) is 5.18. The summed E-state index contributed by atoms with van der Waals surface area (Å²) >= 11 is 1.16. The van der Waals surface area contributed by atoms with Crippen molar-refractivity contribution in [2.45, 2.75) is 37.0 Å². The fourth-order valence-electron chi connectivity index (χ4n) is 1.86. The maximum absolute atomic E-state index is 13.2. The van der Waals surface area contributed by atoms with E-state index in [-0.39, 0.29) is 11.9 Å². The third-order valence-electron chi connectivity index (χ3n) is 2.98. The van der Waals surface area contributed by atoms with E-state index < -0.39 is 16.9 Å². The smallest absolute Gasteiger partial charge is 0.238 e. The van der Waals surface area contributed by atoms with E-state index in [4.69, 9.17) is 0 Å². The van der Waals surface area contributed by atoms with Gasteiger partial charge in [-0.15, -0.1) is 11.8 Å². The second-order valence-corrected chi connectivity index (χ2v) is 6.49. The molecule has 0 saturated carbocycles. The van der Waals surface area contributed by atoms with E-state index in [1.165, 1.54) is 6.07 Å². The van der Waals surface area contributed by atoms with Crippen molar-refractivity contribution < 1.29 is 13.6 Å². The standard InChI is InChI=1S/C15H17F2N3OS/c1-9(2)20-14(6-7-18-20)19-15(21)10(3)22-11-4-5-12(16)13(17)8-11/h4-10H,1-3H3,(H,19,21). The summed E-state index contributed by atoms with van der Waals surface area (Å²) in [5.41, 5.74) is 0. The van der Waals surface area contributed by atoms with Gasteiger partial charge in [0.1, 0.15) is 5.82 Å². The average Bonchev–Trinajstić information content (AvgIpc) is 2.91. The summed E-state index contributed by atoms with van der Waals surface area (Å²) in [6.45, 7) is 5.63. The molecule has 0 aliphatic heterocycles. The Labute approximate surface area is 131 Å². The number of halogens is 2. The molecule has 0 radical (unpaired) electrons. The van der Waals surface area contributed by atoms with Crippen molar-refractivity contribution in [3.05, 3.63) is 42.1 Å². The lowest BCUT2D eigenvalue weighted by atomic mass is 10.3. The number of carbonyl (C=O) groups excluding carboxylic acids is 1. The van der Waals surface area contributed by atoms with Crippen molar-refractivity contribution in [1.82, 2.24) is 9.78 Å². The quantitative estimate of drug-likeness (QED) is 0.849. The molecule has 1 atom stereocenters. The normalized spacial score (nSPS) is 12.5. The summed E-state index contributed by atoms with van der Waals surface area (Å²) < 4.78 is 27.8. The molecule has 1 aromatic heterocycles. The molecule has 0 aliphatic rings. The Morgan fingerprint density at radius 1 is 1.23 bits per heavy atom. The predicted octanol–water partition coefficient (Wildman–Crippen LogP) is 3.86. The zero-order chi connectivity index (χ0) is 16.3. The maximum atomic E-state index is 13.2. The van der Waals surface area contributed by atoms with Crippen LogP contribution >= 0.6 is 11.8 Å². The van der Waals surface area contributed by atoms with Gasteiger partial charge in [0, 0.05) is 17.0 Å². The molecule has 0 bridgehead atoms. The summed E-state index contributed by atoms with van der Waals surface area (Å²) in [7, 11) is 0. The minimum atomic E-state index is -0.921. The summed E-state index contributed by atoms with van der Waals surface area (Å²) in [4.78, 5) is 12.7. The van der Waals surface area contributed by atoms with E-state index in [9.17, 15) is 13.6 Å². The van der Waals surface area contributed by atoms with E-state index in [1.54, 1.807) is 23.9 Å². The van der Waals surface area contributed by atoms with Gasteiger partial charge in [0.25, 0.3) is 0 Å². The number of thioether (sulfide) groups is 1. The molecule has 118 valence electrons. The van der Waals surface area contributed by atoms with Crippen LogP contribution in [0.15, 0.2) is 35.4 Å². The van der Waals surface area contributed by atoms with Crippen LogP contribution in [0.3, 0.4) is 0 Å². The lowest BCUT2D eigenvalue weighted by Crippen LogP contribution is -2.24. The minimum absolute atomic E-state index is 0.124. The number of benzene rings is 1. The second kappa shape index (κ2) is 6.91. The monoisotopic (exact) mass is 325 g/mol. The number of hydrogen-bond acceptors (Lipinski definition) is 3. The molecule has 4 nitrogen and oxygen atoms in total. The number of carbonyl (C=O) groups is 1. The van der Waals surface area contributed by atoms with E-state index in [2.05, 4.69) is 10.4 Å². The van der Waals surface area contributed by atoms with Gasteiger partial charge in [0.2, 0.25) is 5.91 Å². The summed E-state index contributed by atoms with van der Waals surface area (Å²) in [6, 6.07) is 5.43. The first-order valence-corrected chi connectivity index (χ1v) is 7.72. The molecule has 2 rings (SSSR count). The Balaban J connectivity index is 2.02. The van der Waals surface area contributed by atoms with Gasteiger partial charge in [0.15, 0.2) is 11.6 Å². The van der Waals surface area contributed by atoms with Crippen LogP contribution in [0.5, 0.6) is 0 Å². The first-order chi connectivity index (χ1) is 10.4. The molecule has 7 heteroatoms. The van der Waals surface area contributed by atoms with Crippen molar-refractivity contribution in [2.24, 2.45) is 0 Å². The van der Waals surface area contributed by atoms with Gasteiger partial charge < -0.3 is 5.32 Å². The van der Waals surface area contributed by atoms with E-state index in [0.29, 0.717) is 10.7 Å². The molecule has 1 amide bonds. The maximum Gasteiger partial charge on any atom is 0.238 e. The van der Waals surface area contributed by atoms with Crippen LogP contribution in [-0.2, 0) is 4.79 Å². The Bertz CT molecular complexity index is 673. The lowest BCUT2D eigenvalue weighted by molar-refractivity contribution is -0.115. The highest BCUT2D eigenvalue weighted by molar-refractivity contribution is 8.00. The van der Waals surface area contributed by atoms with E-state index >= 15 is 0 Å². The molecule has 1 heterocycles. The Morgan fingerprint density at radius 2 is 1.95 bits per heavy atom. The fraction of sp³-hybridized carbons (Fsp3) is 0.333. The van der Waals surface area contributed by atoms with Crippen molar-refractivity contribution in [2.75, 3.05) is 5.32 Å². The summed E-state index contributed by atoms with van der Waals surface area (Å²) in [5.74, 6) is -1.44. The number of amides is 1. The van der Waals surface area contributed by atoms with Gasteiger partial charge in [0.05, 0.1) is 11.4 Å². The van der Waals surface area contributed by atoms with Crippen molar-refractivity contribution in [3.8, 4) is 0 Å². The molecule has 0 saturated heterocycles.